The first-order valence-electron chi connectivity index (χ1n) is 7.55. The van der Waals surface area contributed by atoms with Crippen molar-refractivity contribution in [1.82, 2.24) is 14.9 Å². The Bertz CT molecular complexity index is 807. The molecular weight excluding hydrogens is 298 g/mol. The predicted molar refractivity (Wildman–Crippen MR) is 90.9 cm³/mol. The zero-order valence-electron chi connectivity index (χ0n) is 13.1. The Hall–Kier alpha value is -1.95. The summed E-state index contributed by atoms with van der Waals surface area (Å²) in [6.45, 7) is 6.54. The van der Waals surface area contributed by atoms with E-state index in [4.69, 9.17) is 12.2 Å². The molecule has 6 heteroatoms. The molecule has 0 saturated heterocycles. The third-order valence-corrected chi connectivity index (χ3v) is 4.00. The highest BCUT2D eigenvalue weighted by Gasteiger charge is 2.11. The van der Waals surface area contributed by atoms with Gasteiger partial charge in [0.05, 0.1) is 10.9 Å². The van der Waals surface area contributed by atoms with Gasteiger partial charge in [-0.05, 0) is 50.2 Å². The van der Waals surface area contributed by atoms with Gasteiger partial charge in [-0.15, -0.1) is 0 Å². The first kappa shape index (κ1) is 16.4. The van der Waals surface area contributed by atoms with Crippen molar-refractivity contribution in [3.8, 4) is 0 Å². The van der Waals surface area contributed by atoms with Crippen LogP contribution in [0.4, 0.5) is 0 Å². The Morgan fingerprint density at radius 1 is 1.41 bits per heavy atom. The van der Waals surface area contributed by atoms with Crippen LogP contribution in [-0.2, 0) is 6.54 Å². The van der Waals surface area contributed by atoms with Gasteiger partial charge in [-0.1, -0.05) is 13.8 Å². The number of hydrogen-bond donors (Lipinski definition) is 2. The zero-order chi connectivity index (χ0) is 16.3. The van der Waals surface area contributed by atoms with Gasteiger partial charge in [-0.25, -0.2) is 0 Å². The number of nitrogens with one attached hydrogen (secondary N) is 2. The quantitative estimate of drug-likeness (QED) is 0.833. The number of nitrogens with zero attached hydrogens (tertiary/aromatic N) is 1. The normalized spacial score (nSPS) is 12.3. The molecule has 1 aromatic heterocycles. The molecule has 118 valence electrons. The maximum Gasteiger partial charge on any atom is 0.262 e. The van der Waals surface area contributed by atoms with Crippen LogP contribution in [0.15, 0.2) is 23.0 Å². The average molecular weight is 319 g/mol. The topological polar surface area (TPSA) is 66.9 Å². The standard InChI is InChI=1S/C16H21N3O2S/c1-4-8-19-15(21)12-7-6-11(9-13(12)18-16(19)22)14(20)17-10(3)5-2/h6-7,9-10H,4-5,8H2,1-3H3,(H,17,20)(H,18,22)/t10-/m0/s1. The van der Waals surface area contributed by atoms with Gasteiger partial charge in [-0.2, -0.15) is 0 Å². The van der Waals surface area contributed by atoms with Crippen LogP contribution in [0.2, 0.25) is 0 Å². The summed E-state index contributed by atoms with van der Waals surface area (Å²) in [7, 11) is 0. The molecule has 0 unspecified atom stereocenters. The summed E-state index contributed by atoms with van der Waals surface area (Å²) in [5, 5.41) is 3.45. The highest BCUT2D eigenvalue weighted by atomic mass is 32.1. The molecule has 2 aromatic rings. The molecule has 2 N–H and O–H groups in total. The molecule has 0 spiro atoms. The van der Waals surface area contributed by atoms with E-state index < -0.39 is 0 Å². The second-order valence-electron chi connectivity index (χ2n) is 5.43. The molecule has 1 heterocycles. The second-order valence-corrected chi connectivity index (χ2v) is 5.82. The molecule has 0 fully saturated rings. The molecule has 1 aromatic carbocycles. The van der Waals surface area contributed by atoms with E-state index in [2.05, 4.69) is 10.3 Å². The lowest BCUT2D eigenvalue weighted by Crippen LogP contribution is -2.32. The molecule has 22 heavy (non-hydrogen) atoms. The van der Waals surface area contributed by atoms with Crippen molar-refractivity contribution >= 4 is 29.0 Å². The monoisotopic (exact) mass is 319 g/mol. The summed E-state index contributed by atoms with van der Waals surface area (Å²) in [6.07, 6.45) is 1.70. The number of amides is 1. The minimum Gasteiger partial charge on any atom is -0.350 e. The fraction of sp³-hybridized carbons (Fsp3) is 0.438. The van der Waals surface area contributed by atoms with E-state index in [1.165, 1.54) is 0 Å². The van der Waals surface area contributed by atoms with Gasteiger partial charge in [0.2, 0.25) is 0 Å². The number of rotatable bonds is 5. The van der Waals surface area contributed by atoms with Crippen molar-refractivity contribution < 1.29 is 4.79 Å². The first-order valence-corrected chi connectivity index (χ1v) is 7.96. The lowest BCUT2D eigenvalue weighted by Gasteiger charge is -2.12. The van der Waals surface area contributed by atoms with Gasteiger partial charge in [0, 0.05) is 18.2 Å². The molecule has 0 bridgehead atoms. The van der Waals surface area contributed by atoms with Crippen LogP contribution in [0.1, 0.15) is 44.0 Å². The van der Waals surface area contributed by atoms with E-state index in [0.717, 1.165) is 12.8 Å². The highest BCUT2D eigenvalue weighted by molar-refractivity contribution is 7.71. The Morgan fingerprint density at radius 2 is 2.14 bits per heavy atom. The molecule has 0 aliphatic carbocycles. The molecule has 2 rings (SSSR count). The average Bonchev–Trinajstić information content (AvgIpc) is 2.50. The summed E-state index contributed by atoms with van der Waals surface area (Å²) >= 11 is 5.24. The van der Waals surface area contributed by atoms with E-state index in [-0.39, 0.29) is 17.5 Å². The molecule has 1 amide bonds. The smallest absolute Gasteiger partial charge is 0.262 e. The van der Waals surface area contributed by atoms with Crippen LogP contribution in [0.3, 0.4) is 0 Å². The van der Waals surface area contributed by atoms with Crippen LogP contribution >= 0.6 is 12.2 Å². The van der Waals surface area contributed by atoms with E-state index in [0.29, 0.717) is 27.8 Å². The fourth-order valence-electron chi connectivity index (χ4n) is 2.23. The van der Waals surface area contributed by atoms with Crippen LogP contribution in [-0.4, -0.2) is 21.5 Å². The Labute approximate surface area is 134 Å². The molecule has 0 aliphatic rings. The van der Waals surface area contributed by atoms with E-state index >= 15 is 0 Å². The van der Waals surface area contributed by atoms with Gasteiger partial charge >= 0.3 is 0 Å². The van der Waals surface area contributed by atoms with Gasteiger partial charge < -0.3 is 10.3 Å². The van der Waals surface area contributed by atoms with Gasteiger partial charge in [-0.3, -0.25) is 14.2 Å². The molecule has 5 nitrogen and oxygen atoms in total. The SMILES string of the molecule is CCCn1c(=S)[nH]c2cc(C(=O)N[C@@H](C)CC)ccc2c1=O. The summed E-state index contributed by atoms with van der Waals surface area (Å²) in [5.74, 6) is -0.145. The molecule has 1 atom stereocenters. The summed E-state index contributed by atoms with van der Waals surface area (Å²) in [5.41, 5.74) is 1.000. The minimum absolute atomic E-state index is 0.110. The number of carbonyl (C=O) groups is 1. The fourth-order valence-corrected chi connectivity index (χ4v) is 2.52. The minimum atomic E-state index is -0.145. The van der Waals surface area contributed by atoms with Gasteiger partial charge in [0.25, 0.3) is 11.5 Å². The number of benzene rings is 1. The van der Waals surface area contributed by atoms with Crippen LogP contribution in [0.25, 0.3) is 10.9 Å². The molecular formula is C16H21N3O2S. The molecule has 0 saturated carbocycles. The van der Waals surface area contributed by atoms with Crippen molar-refractivity contribution in [1.29, 1.82) is 0 Å². The number of aromatic nitrogens is 2. The Morgan fingerprint density at radius 3 is 2.77 bits per heavy atom. The maximum absolute atomic E-state index is 12.4. The summed E-state index contributed by atoms with van der Waals surface area (Å²) in [4.78, 5) is 27.6. The Kier molecular flexibility index (Phi) is 5.13. The largest absolute Gasteiger partial charge is 0.350 e. The van der Waals surface area contributed by atoms with Crippen molar-refractivity contribution in [3.05, 3.63) is 38.9 Å². The third kappa shape index (κ3) is 3.27. The number of fused-ring (bicyclic) bond motifs is 1. The predicted octanol–water partition coefficient (Wildman–Crippen LogP) is 3.00. The lowest BCUT2D eigenvalue weighted by atomic mass is 10.1. The highest BCUT2D eigenvalue weighted by Crippen LogP contribution is 2.11. The second kappa shape index (κ2) is 6.87. The van der Waals surface area contributed by atoms with E-state index in [9.17, 15) is 9.59 Å². The maximum atomic E-state index is 12.4. The Balaban J connectivity index is 2.48. The molecule has 0 aliphatic heterocycles. The molecule has 0 radical (unpaired) electrons. The first-order chi connectivity index (χ1) is 10.5. The number of H-pyrrole nitrogens is 1. The van der Waals surface area contributed by atoms with E-state index in [1.807, 2.05) is 20.8 Å². The summed E-state index contributed by atoms with van der Waals surface area (Å²) < 4.78 is 1.94. The lowest BCUT2D eigenvalue weighted by molar-refractivity contribution is 0.0939. The third-order valence-electron chi connectivity index (χ3n) is 3.68. The number of aromatic amines is 1. The summed E-state index contributed by atoms with van der Waals surface area (Å²) in [6, 6.07) is 5.15. The van der Waals surface area contributed by atoms with Crippen LogP contribution < -0.4 is 10.9 Å². The zero-order valence-corrected chi connectivity index (χ0v) is 13.9. The van der Waals surface area contributed by atoms with Gasteiger partial charge in [0.1, 0.15) is 0 Å². The van der Waals surface area contributed by atoms with Gasteiger partial charge in [0.15, 0.2) is 4.77 Å². The number of carbonyl (C=O) groups excluding carboxylic acids is 1. The van der Waals surface area contributed by atoms with Crippen molar-refractivity contribution in [2.75, 3.05) is 0 Å². The van der Waals surface area contributed by atoms with Crippen molar-refractivity contribution in [2.45, 2.75) is 46.2 Å². The van der Waals surface area contributed by atoms with E-state index in [1.54, 1.807) is 22.8 Å². The van der Waals surface area contributed by atoms with Crippen LogP contribution in [0.5, 0.6) is 0 Å². The number of hydrogen-bond acceptors (Lipinski definition) is 3. The van der Waals surface area contributed by atoms with Crippen molar-refractivity contribution in [3.63, 3.8) is 0 Å². The van der Waals surface area contributed by atoms with Crippen molar-refractivity contribution in [2.24, 2.45) is 0 Å². The van der Waals surface area contributed by atoms with Crippen LogP contribution in [0, 0.1) is 4.77 Å².